The van der Waals surface area contributed by atoms with Crippen molar-refractivity contribution in [3.05, 3.63) is 24.0 Å². The Labute approximate surface area is 100 Å². The zero-order chi connectivity index (χ0) is 12.0. The molecule has 1 heterocycles. The largest absolute Gasteiger partial charge is 0.477 e. The highest BCUT2D eigenvalue weighted by molar-refractivity contribution is 7.99. The van der Waals surface area contributed by atoms with Crippen LogP contribution < -0.4 is 0 Å². The summed E-state index contributed by atoms with van der Waals surface area (Å²) in [7, 11) is 0. The van der Waals surface area contributed by atoms with Crippen LogP contribution in [0.15, 0.2) is 23.2 Å². The molecule has 0 fully saturated rings. The zero-order valence-electron chi connectivity index (χ0n) is 9.64. The van der Waals surface area contributed by atoms with E-state index in [0.717, 1.165) is 10.6 Å². The van der Waals surface area contributed by atoms with Gasteiger partial charge in [-0.2, -0.15) is 0 Å². The molecule has 0 aromatic carbocycles. The van der Waals surface area contributed by atoms with Crippen LogP contribution in [0.1, 0.15) is 37.2 Å². The first-order valence-electron chi connectivity index (χ1n) is 5.49. The van der Waals surface area contributed by atoms with Gasteiger partial charge in [-0.15, -0.1) is 11.8 Å². The topological polar surface area (TPSA) is 50.2 Å². The molecule has 0 bridgehead atoms. The van der Waals surface area contributed by atoms with Crippen LogP contribution in [-0.2, 0) is 0 Å². The Morgan fingerprint density at radius 1 is 1.50 bits per heavy atom. The molecule has 0 radical (unpaired) electrons. The number of pyridine rings is 1. The van der Waals surface area contributed by atoms with Crippen LogP contribution in [0.25, 0.3) is 0 Å². The summed E-state index contributed by atoms with van der Waals surface area (Å²) in [6, 6.07) is 3.49. The Hall–Kier alpha value is -1.03. The lowest BCUT2D eigenvalue weighted by molar-refractivity contribution is 0.0690. The van der Waals surface area contributed by atoms with E-state index >= 15 is 0 Å². The molecule has 1 rings (SSSR count). The lowest BCUT2D eigenvalue weighted by Crippen LogP contribution is -2.01. The summed E-state index contributed by atoms with van der Waals surface area (Å²) >= 11 is 1.71. The number of carboxylic acid groups (broad SMARTS) is 1. The minimum Gasteiger partial charge on any atom is -0.477 e. The summed E-state index contributed by atoms with van der Waals surface area (Å²) in [4.78, 5) is 15.5. The fourth-order valence-electron chi connectivity index (χ4n) is 1.36. The van der Waals surface area contributed by atoms with Crippen LogP contribution in [0, 0.1) is 5.92 Å². The van der Waals surface area contributed by atoms with E-state index in [1.165, 1.54) is 12.8 Å². The van der Waals surface area contributed by atoms with E-state index in [4.69, 9.17) is 5.11 Å². The molecule has 1 N–H and O–H groups in total. The molecular weight excluding hydrogens is 222 g/mol. The predicted molar refractivity (Wildman–Crippen MR) is 66.0 cm³/mol. The third-order valence-corrected chi connectivity index (χ3v) is 3.82. The van der Waals surface area contributed by atoms with Gasteiger partial charge in [-0.25, -0.2) is 9.78 Å². The van der Waals surface area contributed by atoms with Crippen molar-refractivity contribution < 1.29 is 9.90 Å². The molecule has 88 valence electrons. The van der Waals surface area contributed by atoms with Crippen LogP contribution >= 0.6 is 11.8 Å². The SMILES string of the molecule is CCC(CC)CSc1ccnc(C(=O)O)c1. The standard InChI is InChI=1S/C12H17NO2S/c1-3-9(4-2)8-16-10-5-6-13-11(7-10)12(14)15/h5-7,9H,3-4,8H2,1-2H3,(H,14,15). The van der Waals surface area contributed by atoms with Crippen LogP contribution in [-0.4, -0.2) is 21.8 Å². The number of rotatable bonds is 6. The minimum absolute atomic E-state index is 0.120. The molecule has 0 atom stereocenters. The van der Waals surface area contributed by atoms with E-state index in [2.05, 4.69) is 18.8 Å². The Balaban J connectivity index is 2.60. The molecule has 0 saturated heterocycles. The van der Waals surface area contributed by atoms with Crippen molar-refractivity contribution in [1.82, 2.24) is 4.98 Å². The van der Waals surface area contributed by atoms with Crippen molar-refractivity contribution >= 4 is 17.7 Å². The monoisotopic (exact) mass is 239 g/mol. The summed E-state index contributed by atoms with van der Waals surface area (Å²) in [5, 5.41) is 8.81. The van der Waals surface area contributed by atoms with Crippen LogP contribution in [0.5, 0.6) is 0 Å². The predicted octanol–water partition coefficient (Wildman–Crippen LogP) is 3.31. The number of carbonyl (C=O) groups is 1. The number of nitrogens with zero attached hydrogens (tertiary/aromatic N) is 1. The van der Waals surface area contributed by atoms with E-state index in [9.17, 15) is 4.79 Å². The van der Waals surface area contributed by atoms with E-state index in [1.54, 1.807) is 24.0 Å². The molecular formula is C12H17NO2S. The molecule has 0 unspecified atom stereocenters. The lowest BCUT2D eigenvalue weighted by Gasteiger charge is -2.11. The van der Waals surface area contributed by atoms with Gasteiger partial charge in [-0.3, -0.25) is 0 Å². The molecule has 4 heteroatoms. The van der Waals surface area contributed by atoms with Gasteiger partial charge in [-0.05, 0) is 18.1 Å². The Bertz CT molecular complexity index is 351. The van der Waals surface area contributed by atoms with Crippen molar-refractivity contribution in [2.45, 2.75) is 31.6 Å². The van der Waals surface area contributed by atoms with Crippen LogP contribution in [0.3, 0.4) is 0 Å². The molecule has 1 aromatic rings. The molecule has 16 heavy (non-hydrogen) atoms. The highest BCUT2D eigenvalue weighted by atomic mass is 32.2. The van der Waals surface area contributed by atoms with Gasteiger partial charge in [0.1, 0.15) is 5.69 Å². The molecule has 1 aromatic heterocycles. The molecule has 0 spiro atoms. The normalized spacial score (nSPS) is 10.7. The van der Waals surface area contributed by atoms with E-state index in [0.29, 0.717) is 5.92 Å². The average molecular weight is 239 g/mol. The van der Waals surface area contributed by atoms with Gasteiger partial charge in [-0.1, -0.05) is 26.7 Å². The van der Waals surface area contributed by atoms with Crippen molar-refractivity contribution in [3.63, 3.8) is 0 Å². The third kappa shape index (κ3) is 3.85. The van der Waals surface area contributed by atoms with Crippen LogP contribution in [0.2, 0.25) is 0 Å². The number of hydrogen-bond donors (Lipinski definition) is 1. The van der Waals surface area contributed by atoms with Crippen molar-refractivity contribution in [3.8, 4) is 0 Å². The highest BCUT2D eigenvalue weighted by Gasteiger charge is 2.07. The quantitative estimate of drug-likeness (QED) is 0.774. The number of aromatic nitrogens is 1. The first-order valence-corrected chi connectivity index (χ1v) is 6.48. The number of aromatic carboxylic acids is 1. The van der Waals surface area contributed by atoms with Gasteiger partial charge in [0.15, 0.2) is 0 Å². The first-order chi connectivity index (χ1) is 7.67. The van der Waals surface area contributed by atoms with E-state index in [1.807, 2.05) is 6.07 Å². The van der Waals surface area contributed by atoms with E-state index < -0.39 is 5.97 Å². The van der Waals surface area contributed by atoms with Crippen molar-refractivity contribution in [2.24, 2.45) is 5.92 Å². The molecule has 0 aliphatic rings. The zero-order valence-corrected chi connectivity index (χ0v) is 10.5. The Morgan fingerprint density at radius 2 is 2.19 bits per heavy atom. The fraction of sp³-hybridized carbons (Fsp3) is 0.500. The minimum atomic E-state index is -0.968. The van der Waals surface area contributed by atoms with Gasteiger partial charge >= 0.3 is 5.97 Å². The second kappa shape index (κ2) is 6.53. The maximum absolute atomic E-state index is 10.7. The summed E-state index contributed by atoms with van der Waals surface area (Å²) in [6.45, 7) is 4.37. The molecule has 0 aliphatic carbocycles. The fourth-order valence-corrected chi connectivity index (χ4v) is 2.61. The average Bonchev–Trinajstić information content (AvgIpc) is 2.31. The van der Waals surface area contributed by atoms with Gasteiger partial charge in [0, 0.05) is 16.8 Å². The van der Waals surface area contributed by atoms with Crippen molar-refractivity contribution in [1.29, 1.82) is 0 Å². The summed E-state index contributed by atoms with van der Waals surface area (Å²) in [6.07, 6.45) is 3.89. The highest BCUT2D eigenvalue weighted by Crippen LogP contribution is 2.23. The maximum atomic E-state index is 10.7. The van der Waals surface area contributed by atoms with Gasteiger partial charge in [0.2, 0.25) is 0 Å². The first kappa shape index (κ1) is 13.0. The molecule has 3 nitrogen and oxygen atoms in total. The summed E-state index contributed by atoms with van der Waals surface area (Å²) in [5.41, 5.74) is 0.120. The smallest absolute Gasteiger partial charge is 0.354 e. The Kier molecular flexibility index (Phi) is 5.32. The molecule has 0 aliphatic heterocycles. The molecule has 0 amide bonds. The number of carboxylic acids is 1. The maximum Gasteiger partial charge on any atom is 0.354 e. The number of thioether (sulfide) groups is 1. The van der Waals surface area contributed by atoms with Gasteiger partial charge in [0.25, 0.3) is 0 Å². The number of hydrogen-bond acceptors (Lipinski definition) is 3. The molecule has 0 saturated carbocycles. The summed E-state index contributed by atoms with van der Waals surface area (Å²) in [5.74, 6) is 0.771. The van der Waals surface area contributed by atoms with E-state index in [-0.39, 0.29) is 5.69 Å². The van der Waals surface area contributed by atoms with Gasteiger partial charge < -0.3 is 5.11 Å². The third-order valence-electron chi connectivity index (χ3n) is 2.59. The second-order valence-electron chi connectivity index (χ2n) is 3.68. The second-order valence-corrected chi connectivity index (χ2v) is 4.77. The van der Waals surface area contributed by atoms with Gasteiger partial charge in [0.05, 0.1) is 0 Å². The Morgan fingerprint density at radius 3 is 2.75 bits per heavy atom. The van der Waals surface area contributed by atoms with Crippen molar-refractivity contribution in [2.75, 3.05) is 5.75 Å². The lowest BCUT2D eigenvalue weighted by atomic mass is 10.1. The van der Waals surface area contributed by atoms with Crippen LogP contribution in [0.4, 0.5) is 0 Å². The summed E-state index contributed by atoms with van der Waals surface area (Å²) < 4.78 is 0.